The third-order valence-corrected chi connectivity index (χ3v) is 10.4. The van der Waals surface area contributed by atoms with Crippen molar-refractivity contribution in [3.8, 4) is 5.88 Å². The molecule has 0 spiro atoms. The summed E-state index contributed by atoms with van der Waals surface area (Å²) in [6.45, 7) is 6.95. The lowest BCUT2D eigenvalue weighted by Gasteiger charge is -2.34. The van der Waals surface area contributed by atoms with Gasteiger partial charge in [0.15, 0.2) is 12.4 Å². The summed E-state index contributed by atoms with van der Waals surface area (Å²) in [6.07, 6.45) is -1.40. The predicted molar refractivity (Wildman–Crippen MR) is 167 cm³/mol. The standard InChI is InChI=1S/C29H35F5N6O5SSi/c1-27(18-9-17(12-37-23(18)31)10-19(30)20-13-36-22(14-35-20)44-15-29(32,33)34)21-11-28(21,24(41)40(2)3)46-26(39-27)45-25(42)38-16-43-7-8-47(4,5)6/h9-10,12-14,21H,7-8,11,15-16H2,1-6H3,(H,38,42)/b19-10-/t21-,27+,28-/m0/s1. The SMILES string of the molecule is CN(C)C(=O)[C@]12C[C@H]1[C@@](C)(c1cc(/C=C(\F)c3cnc(OCC(F)(F)F)cn3)cnc1F)N=C(OC(=O)NCOCC[Si](C)(C)C)S2. The van der Waals surface area contributed by atoms with Crippen LogP contribution >= 0.6 is 11.8 Å². The van der Waals surface area contributed by atoms with E-state index in [1.807, 2.05) is 0 Å². The Bertz CT molecular complexity index is 1560. The van der Waals surface area contributed by atoms with E-state index >= 15 is 8.78 Å². The molecule has 1 N–H and O–H groups in total. The number of rotatable bonds is 11. The number of carbonyl (C=O) groups is 2. The number of amides is 2. The normalized spacial score (nSPS) is 22.6. The largest absolute Gasteiger partial charge is 0.467 e. The van der Waals surface area contributed by atoms with Gasteiger partial charge in [0.05, 0.1) is 17.9 Å². The minimum atomic E-state index is -4.59. The number of thioether (sulfide) groups is 1. The molecule has 2 aromatic heterocycles. The summed E-state index contributed by atoms with van der Waals surface area (Å²) >= 11 is 0.978. The highest BCUT2D eigenvalue weighted by Crippen LogP contribution is 2.67. The molecule has 1 saturated carbocycles. The number of carbonyl (C=O) groups excluding carboxylic acids is 2. The zero-order valence-corrected chi connectivity index (χ0v) is 28.4. The van der Waals surface area contributed by atoms with Crippen molar-refractivity contribution < 1.29 is 45.8 Å². The van der Waals surface area contributed by atoms with Crippen LogP contribution in [0.3, 0.4) is 0 Å². The van der Waals surface area contributed by atoms with Gasteiger partial charge in [0.1, 0.15) is 17.2 Å². The smallest absolute Gasteiger partial charge is 0.422 e. The Balaban J connectivity index is 1.57. The number of alkyl halides is 3. The van der Waals surface area contributed by atoms with Crippen LogP contribution < -0.4 is 10.1 Å². The molecule has 11 nitrogen and oxygen atoms in total. The van der Waals surface area contributed by atoms with Gasteiger partial charge in [-0.1, -0.05) is 19.6 Å². The van der Waals surface area contributed by atoms with Crippen molar-refractivity contribution in [3.05, 3.63) is 47.4 Å². The second-order valence-electron chi connectivity index (χ2n) is 12.6. The zero-order chi connectivity index (χ0) is 34.8. The van der Waals surface area contributed by atoms with E-state index in [1.165, 1.54) is 11.0 Å². The fourth-order valence-corrected chi connectivity index (χ4v) is 7.18. The molecule has 1 aliphatic carbocycles. The molecule has 0 bridgehead atoms. The molecule has 1 fully saturated rings. The lowest BCUT2D eigenvalue weighted by Crippen LogP contribution is -2.43. The summed E-state index contributed by atoms with van der Waals surface area (Å²) in [7, 11) is 1.83. The van der Waals surface area contributed by atoms with Gasteiger partial charge >= 0.3 is 12.3 Å². The molecular formula is C29H35F5N6O5SSi. The molecule has 47 heavy (non-hydrogen) atoms. The molecule has 0 aromatic carbocycles. The van der Waals surface area contributed by atoms with E-state index in [1.54, 1.807) is 21.0 Å². The van der Waals surface area contributed by atoms with Gasteiger partial charge in [-0.3, -0.25) is 10.1 Å². The number of halogens is 5. The number of hydrogen-bond acceptors (Lipinski definition) is 10. The van der Waals surface area contributed by atoms with Crippen molar-refractivity contribution in [2.24, 2.45) is 10.9 Å². The van der Waals surface area contributed by atoms with Crippen LogP contribution in [0.15, 0.2) is 29.6 Å². The number of nitrogens with one attached hydrogen (secondary N) is 1. The van der Waals surface area contributed by atoms with Gasteiger partial charge in [-0.15, -0.1) is 0 Å². The van der Waals surface area contributed by atoms with E-state index in [9.17, 15) is 22.8 Å². The molecule has 3 heterocycles. The van der Waals surface area contributed by atoms with E-state index in [0.717, 1.165) is 42.5 Å². The third-order valence-electron chi connectivity index (χ3n) is 7.40. The quantitative estimate of drug-likeness (QED) is 0.104. The first-order valence-corrected chi connectivity index (χ1v) is 18.9. The molecule has 0 saturated heterocycles. The van der Waals surface area contributed by atoms with Crippen LogP contribution in [0, 0.1) is 11.9 Å². The number of pyridine rings is 1. The minimum absolute atomic E-state index is 0.0732. The molecule has 4 rings (SSSR count). The molecule has 2 aromatic rings. The van der Waals surface area contributed by atoms with Gasteiger partial charge in [0, 0.05) is 46.5 Å². The minimum Gasteiger partial charge on any atom is -0.467 e. The summed E-state index contributed by atoms with van der Waals surface area (Å²) in [5.41, 5.74) is -1.75. The maximum absolute atomic E-state index is 15.4. The van der Waals surface area contributed by atoms with Gasteiger partial charge in [-0.2, -0.15) is 17.6 Å². The second kappa shape index (κ2) is 13.8. The Morgan fingerprint density at radius 2 is 1.89 bits per heavy atom. The monoisotopic (exact) mass is 702 g/mol. The molecule has 0 radical (unpaired) electrons. The van der Waals surface area contributed by atoms with Crippen molar-refractivity contribution in [1.82, 2.24) is 25.2 Å². The van der Waals surface area contributed by atoms with Gasteiger partial charge in [-0.25, -0.2) is 29.1 Å². The maximum atomic E-state index is 15.4. The van der Waals surface area contributed by atoms with Crippen LogP contribution in [0.2, 0.25) is 25.7 Å². The van der Waals surface area contributed by atoms with Gasteiger partial charge in [0.25, 0.3) is 5.23 Å². The van der Waals surface area contributed by atoms with E-state index in [0.29, 0.717) is 6.61 Å². The van der Waals surface area contributed by atoms with Crippen LogP contribution in [0.5, 0.6) is 5.88 Å². The van der Waals surface area contributed by atoms with Crippen molar-refractivity contribution in [3.63, 3.8) is 0 Å². The first-order chi connectivity index (χ1) is 21.8. The Hall–Kier alpha value is -3.64. The first-order valence-electron chi connectivity index (χ1n) is 14.4. The number of aromatic nitrogens is 3. The molecular weight excluding hydrogens is 667 g/mol. The number of fused-ring (bicyclic) bond motifs is 1. The van der Waals surface area contributed by atoms with E-state index in [-0.39, 0.29) is 41.1 Å². The van der Waals surface area contributed by atoms with Crippen molar-refractivity contribution >= 4 is 49.0 Å². The van der Waals surface area contributed by atoms with Crippen LogP contribution in [0.25, 0.3) is 11.9 Å². The fourth-order valence-electron chi connectivity index (χ4n) is 4.87. The highest BCUT2D eigenvalue weighted by molar-refractivity contribution is 8.15. The van der Waals surface area contributed by atoms with Crippen LogP contribution in [-0.2, 0) is 19.8 Å². The van der Waals surface area contributed by atoms with Crippen LogP contribution in [0.1, 0.15) is 30.2 Å². The summed E-state index contributed by atoms with van der Waals surface area (Å²) in [5, 5.41) is 2.33. The highest BCUT2D eigenvalue weighted by Gasteiger charge is 2.72. The molecule has 2 aliphatic rings. The Kier molecular flexibility index (Phi) is 10.7. The predicted octanol–water partition coefficient (Wildman–Crippen LogP) is 5.62. The fraction of sp³-hybridized carbons (Fsp3) is 0.517. The lowest BCUT2D eigenvalue weighted by atomic mass is 9.86. The summed E-state index contributed by atoms with van der Waals surface area (Å²) in [6, 6.07) is 2.21. The van der Waals surface area contributed by atoms with Crippen LogP contribution in [-0.4, -0.2) is 90.1 Å². The van der Waals surface area contributed by atoms with E-state index < -0.39 is 60.8 Å². The lowest BCUT2D eigenvalue weighted by molar-refractivity contribution is -0.154. The van der Waals surface area contributed by atoms with Crippen molar-refractivity contribution in [1.29, 1.82) is 0 Å². The summed E-state index contributed by atoms with van der Waals surface area (Å²) in [5.74, 6) is -3.12. The molecule has 3 atom stereocenters. The van der Waals surface area contributed by atoms with Crippen LogP contribution in [0.4, 0.5) is 26.7 Å². The number of hydrogen-bond donors (Lipinski definition) is 1. The zero-order valence-electron chi connectivity index (χ0n) is 26.6. The topological polar surface area (TPSA) is 128 Å². The number of aliphatic imine (C=N–C) groups is 1. The Morgan fingerprint density at radius 1 is 1.17 bits per heavy atom. The molecule has 256 valence electrons. The van der Waals surface area contributed by atoms with E-state index in [4.69, 9.17) is 9.47 Å². The third kappa shape index (κ3) is 9.04. The van der Waals surface area contributed by atoms with Gasteiger partial charge < -0.3 is 19.1 Å². The molecule has 1 aliphatic heterocycles. The molecule has 2 amide bonds. The van der Waals surface area contributed by atoms with E-state index in [2.05, 4.69) is 49.6 Å². The highest BCUT2D eigenvalue weighted by atomic mass is 32.2. The number of ether oxygens (including phenoxy) is 3. The average Bonchev–Trinajstić information content (AvgIpc) is 3.72. The molecule has 18 heteroatoms. The van der Waals surface area contributed by atoms with Crippen molar-refractivity contribution in [2.75, 3.05) is 34.0 Å². The maximum Gasteiger partial charge on any atom is 0.422 e. The molecule has 0 unspecified atom stereocenters. The second-order valence-corrected chi connectivity index (χ2v) is 19.5. The average molecular weight is 703 g/mol. The summed E-state index contributed by atoms with van der Waals surface area (Å²) < 4.78 is 82.0. The van der Waals surface area contributed by atoms with Gasteiger partial charge in [-0.05, 0) is 48.9 Å². The number of alkyl carbamates (subject to hydrolysis) is 1. The number of nitrogens with zero attached hydrogens (tertiary/aromatic N) is 5. The Morgan fingerprint density at radius 3 is 2.51 bits per heavy atom. The Labute approximate surface area is 273 Å². The van der Waals surface area contributed by atoms with Gasteiger partial charge in [0.2, 0.25) is 17.7 Å². The summed E-state index contributed by atoms with van der Waals surface area (Å²) in [4.78, 5) is 43.1. The van der Waals surface area contributed by atoms with Crippen molar-refractivity contribution in [2.45, 2.75) is 55.5 Å². The first kappa shape index (κ1) is 36.2.